The zero-order chi connectivity index (χ0) is 18.8. The molecular formula is C22H24N2O2S. The molecule has 4 rings (SSSR count). The number of anilines is 2. The first-order chi connectivity index (χ1) is 13.2. The molecule has 2 fully saturated rings. The molecule has 0 aromatic heterocycles. The Labute approximate surface area is 164 Å². The van der Waals surface area contributed by atoms with Gasteiger partial charge >= 0.3 is 0 Å². The highest BCUT2D eigenvalue weighted by Crippen LogP contribution is 2.43. The molecule has 0 bridgehead atoms. The molecule has 1 aliphatic heterocycles. The van der Waals surface area contributed by atoms with E-state index in [4.69, 9.17) is 0 Å². The summed E-state index contributed by atoms with van der Waals surface area (Å²) in [6.45, 7) is 2.16. The zero-order valence-electron chi connectivity index (χ0n) is 15.5. The van der Waals surface area contributed by atoms with Crippen molar-refractivity contribution >= 4 is 35.0 Å². The first-order valence-electron chi connectivity index (χ1n) is 9.59. The number of thioether (sulfide) groups is 1. The average molecular weight is 381 g/mol. The zero-order valence-corrected chi connectivity index (χ0v) is 16.3. The van der Waals surface area contributed by atoms with Crippen LogP contribution in [0.2, 0.25) is 0 Å². The van der Waals surface area contributed by atoms with Gasteiger partial charge < -0.3 is 5.32 Å². The number of carbonyl (C=O) groups excluding carboxylic acids is 2. The Kier molecular flexibility index (Phi) is 5.21. The first-order valence-corrected chi connectivity index (χ1v) is 10.6. The Morgan fingerprint density at radius 1 is 1.15 bits per heavy atom. The fraction of sp³-hybridized carbons (Fsp3) is 0.364. The van der Waals surface area contributed by atoms with Crippen LogP contribution in [0.15, 0.2) is 48.5 Å². The molecule has 1 N–H and O–H groups in total. The minimum Gasteiger partial charge on any atom is -0.326 e. The number of benzene rings is 2. The molecule has 1 heterocycles. The Balaban J connectivity index is 1.57. The van der Waals surface area contributed by atoms with Gasteiger partial charge in [0.25, 0.3) is 0 Å². The molecule has 1 aliphatic carbocycles. The van der Waals surface area contributed by atoms with Crippen molar-refractivity contribution in [1.82, 2.24) is 0 Å². The van der Waals surface area contributed by atoms with Gasteiger partial charge in [0.15, 0.2) is 0 Å². The predicted octanol–water partition coefficient (Wildman–Crippen LogP) is 4.77. The molecular weight excluding hydrogens is 356 g/mol. The van der Waals surface area contributed by atoms with Crippen LogP contribution in [0.5, 0.6) is 0 Å². The number of hydrogen-bond donors (Lipinski definition) is 1. The number of carbonyl (C=O) groups is 2. The summed E-state index contributed by atoms with van der Waals surface area (Å²) in [5.74, 6) is 0.951. The van der Waals surface area contributed by atoms with Gasteiger partial charge in [0.05, 0.1) is 5.75 Å². The van der Waals surface area contributed by atoms with E-state index < -0.39 is 0 Å². The Morgan fingerprint density at radius 3 is 2.59 bits per heavy atom. The van der Waals surface area contributed by atoms with Crippen molar-refractivity contribution in [3.8, 4) is 0 Å². The molecule has 4 nitrogen and oxygen atoms in total. The number of para-hydroxylation sites is 1. The fourth-order valence-electron chi connectivity index (χ4n) is 3.48. The number of nitrogens with one attached hydrogen (secondary N) is 1. The Morgan fingerprint density at radius 2 is 1.89 bits per heavy atom. The lowest BCUT2D eigenvalue weighted by atomic mass is 10.1. The Hall–Kier alpha value is -2.27. The van der Waals surface area contributed by atoms with Gasteiger partial charge in [0, 0.05) is 17.3 Å². The van der Waals surface area contributed by atoms with Crippen molar-refractivity contribution in [3.05, 3.63) is 59.7 Å². The highest BCUT2D eigenvalue weighted by atomic mass is 32.2. The van der Waals surface area contributed by atoms with Crippen LogP contribution in [-0.2, 0) is 16.0 Å². The number of aryl methyl sites for hydroxylation is 1. The smallest absolute Gasteiger partial charge is 0.238 e. The van der Waals surface area contributed by atoms with Crippen LogP contribution in [0.1, 0.15) is 42.7 Å². The lowest BCUT2D eigenvalue weighted by Crippen LogP contribution is -2.28. The number of rotatable bonds is 6. The summed E-state index contributed by atoms with van der Waals surface area (Å²) < 4.78 is 0. The molecule has 0 spiro atoms. The van der Waals surface area contributed by atoms with Gasteiger partial charge in [0.2, 0.25) is 11.8 Å². The largest absolute Gasteiger partial charge is 0.326 e. The predicted molar refractivity (Wildman–Crippen MR) is 111 cm³/mol. The summed E-state index contributed by atoms with van der Waals surface area (Å²) in [4.78, 5) is 26.5. The highest BCUT2D eigenvalue weighted by molar-refractivity contribution is 8.00. The molecule has 2 aromatic carbocycles. The summed E-state index contributed by atoms with van der Waals surface area (Å²) in [5, 5.41) is 2.95. The summed E-state index contributed by atoms with van der Waals surface area (Å²) >= 11 is 1.66. The van der Waals surface area contributed by atoms with Gasteiger partial charge in [0.1, 0.15) is 5.37 Å². The van der Waals surface area contributed by atoms with E-state index in [2.05, 4.69) is 18.3 Å². The van der Waals surface area contributed by atoms with Gasteiger partial charge in [-0.1, -0.05) is 43.7 Å². The van der Waals surface area contributed by atoms with Crippen LogP contribution in [0, 0.1) is 5.92 Å². The van der Waals surface area contributed by atoms with E-state index in [0.29, 0.717) is 5.75 Å². The third-order valence-corrected chi connectivity index (χ3v) is 6.26. The second kappa shape index (κ2) is 7.77. The monoisotopic (exact) mass is 380 g/mol. The van der Waals surface area contributed by atoms with Crippen molar-refractivity contribution in [2.24, 2.45) is 5.92 Å². The quantitative estimate of drug-likeness (QED) is 0.786. The summed E-state index contributed by atoms with van der Waals surface area (Å²) in [6.07, 6.45) is 4.00. The average Bonchev–Trinajstić information content (AvgIpc) is 3.46. The first kappa shape index (κ1) is 18.1. The molecule has 1 saturated carbocycles. The van der Waals surface area contributed by atoms with Gasteiger partial charge in [-0.2, -0.15) is 0 Å². The van der Waals surface area contributed by atoms with E-state index in [1.165, 1.54) is 5.56 Å². The molecule has 5 heteroatoms. The second-order valence-electron chi connectivity index (χ2n) is 7.19. The fourth-order valence-corrected chi connectivity index (χ4v) is 4.65. The molecule has 1 unspecified atom stereocenters. The SMILES string of the molecule is CCCc1ccccc1N1C(=O)CSC1c1ccc(NC(=O)C2CC2)cc1. The van der Waals surface area contributed by atoms with E-state index >= 15 is 0 Å². The standard InChI is InChI=1S/C22H24N2O2S/c1-2-5-15-6-3-4-7-19(15)24-20(25)14-27-22(24)17-10-12-18(13-11-17)23-21(26)16-8-9-16/h3-4,6-7,10-13,16,22H,2,5,8-9,14H2,1H3,(H,23,26). The van der Waals surface area contributed by atoms with E-state index in [1.807, 2.05) is 47.4 Å². The molecule has 2 aliphatic rings. The topological polar surface area (TPSA) is 49.4 Å². The number of amides is 2. The summed E-state index contributed by atoms with van der Waals surface area (Å²) in [6, 6.07) is 16.1. The minimum atomic E-state index is -0.0244. The number of hydrogen-bond acceptors (Lipinski definition) is 3. The van der Waals surface area contributed by atoms with Crippen LogP contribution in [-0.4, -0.2) is 17.6 Å². The molecule has 27 heavy (non-hydrogen) atoms. The van der Waals surface area contributed by atoms with Crippen molar-refractivity contribution in [1.29, 1.82) is 0 Å². The summed E-state index contributed by atoms with van der Waals surface area (Å²) in [7, 11) is 0. The third kappa shape index (κ3) is 3.88. The molecule has 140 valence electrons. The van der Waals surface area contributed by atoms with Gasteiger partial charge in [-0.15, -0.1) is 11.8 Å². The van der Waals surface area contributed by atoms with Crippen LogP contribution in [0.3, 0.4) is 0 Å². The highest BCUT2D eigenvalue weighted by Gasteiger charge is 2.35. The van der Waals surface area contributed by atoms with Crippen LogP contribution in [0.25, 0.3) is 0 Å². The van der Waals surface area contributed by atoms with Crippen molar-refractivity contribution in [2.45, 2.75) is 38.0 Å². The molecule has 1 saturated heterocycles. The maximum Gasteiger partial charge on any atom is 0.238 e. The normalized spacial score (nSPS) is 19.4. The van der Waals surface area contributed by atoms with E-state index in [1.54, 1.807) is 11.8 Å². The van der Waals surface area contributed by atoms with E-state index in [9.17, 15) is 9.59 Å². The van der Waals surface area contributed by atoms with Crippen molar-refractivity contribution in [3.63, 3.8) is 0 Å². The maximum atomic E-state index is 12.7. The van der Waals surface area contributed by atoms with Gasteiger partial charge in [-0.25, -0.2) is 0 Å². The minimum absolute atomic E-state index is 0.0244. The van der Waals surface area contributed by atoms with Gasteiger partial charge in [-0.05, 0) is 48.6 Å². The lowest BCUT2D eigenvalue weighted by Gasteiger charge is -2.26. The molecule has 1 atom stereocenters. The van der Waals surface area contributed by atoms with Crippen LogP contribution < -0.4 is 10.2 Å². The third-order valence-electron chi connectivity index (χ3n) is 5.05. The molecule has 0 radical (unpaired) electrons. The van der Waals surface area contributed by atoms with Gasteiger partial charge in [-0.3, -0.25) is 14.5 Å². The molecule has 2 amide bonds. The Bertz CT molecular complexity index is 846. The maximum absolute atomic E-state index is 12.7. The van der Waals surface area contributed by atoms with E-state index in [-0.39, 0.29) is 23.1 Å². The molecule has 2 aromatic rings. The van der Waals surface area contributed by atoms with Crippen LogP contribution >= 0.6 is 11.8 Å². The second-order valence-corrected chi connectivity index (χ2v) is 8.26. The van der Waals surface area contributed by atoms with E-state index in [0.717, 1.165) is 42.6 Å². The van der Waals surface area contributed by atoms with Crippen molar-refractivity contribution < 1.29 is 9.59 Å². The lowest BCUT2D eigenvalue weighted by molar-refractivity contribution is -0.117. The van der Waals surface area contributed by atoms with Crippen molar-refractivity contribution in [2.75, 3.05) is 16.0 Å². The number of nitrogens with zero attached hydrogens (tertiary/aromatic N) is 1. The summed E-state index contributed by atoms with van der Waals surface area (Å²) in [5.41, 5.74) is 4.14. The van der Waals surface area contributed by atoms with Crippen LogP contribution in [0.4, 0.5) is 11.4 Å².